The molecule has 0 saturated heterocycles. The largest absolute Gasteiger partial charge is 0.207 e. The highest BCUT2D eigenvalue weighted by atomic mass is 35.5. The minimum Gasteiger partial charge on any atom is -0.207 e. The molecule has 0 aliphatic rings. The number of rotatable bonds is 2. The molecule has 0 fully saturated rings. The lowest BCUT2D eigenvalue weighted by atomic mass is 9.97. The second-order valence-corrected chi connectivity index (χ2v) is 4.57. The van der Waals surface area contributed by atoms with Crippen molar-refractivity contribution in [3.8, 4) is 17.2 Å². The number of hydrogen-bond donors (Lipinski definition) is 0. The van der Waals surface area contributed by atoms with Gasteiger partial charge in [-0.3, -0.25) is 0 Å². The molecule has 0 bridgehead atoms. The van der Waals surface area contributed by atoms with Crippen LogP contribution in [0.2, 0.25) is 10.0 Å². The molecule has 0 radical (unpaired) electrons. The van der Waals surface area contributed by atoms with Crippen LogP contribution in [0.3, 0.4) is 0 Å². The van der Waals surface area contributed by atoms with Gasteiger partial charge in [0.25, 0.3) is 0 Å². The predicted octanol–water partition coefficient (Wildman–Crippen LogP) is 4.87. The first-order valence-corrected chi connectivity index (χ1v) is 5.99. The van der Waals surface area contributed by atoms with Crippen molar-refractivity contribution in [1.82, 2.24) is 0 Å². The summed E-state index contributed by atoms with van der Waals surface area (Å²) in [6.45, 7) is 0. The average molecular weight is 280 g/mol. The van der Waals surface area contributed by atoms with E-state index in [4.69, 9.17) is 28.5 Å². The first-order chi connectivity index (χ1) is 8.63. The third-order valence-corrected chi connectivity index (χ3v) is 3.16. The van der Waals surface area contributed by atoms with Crippen LogP contribution in [-0.4, -0.2) is 0 Å². The van der Waals surface area contributed by atoms with Crippen molar-refractivity contribution in [3.05, 3.63) is 57.8 Å². The second kappa shape index (κ2) is 5.39. The fourth-order valence-corrected chi connectivity index (χ4v) is 2.17. The van der Waals surface area contributed by atoms with Crippen LogP contribution in [-0.2, 0) is 6.42 Å². The Morgan fingerprint density at radius 2 is 1.89 bits per heavy atom. The van der Waals surface area contributed by atoms with Crippen LogP contribution in [0.25, 0.3) is 11.1 Å². The molecule has 18 heavy (non-hydrogen) atoms. The minimum absolute atomic E-state index is 0.00908. The smallest absolute Gasteiger partial charge is 0.128 e. The fourth-order valence-electron chi connectivity index (χ4n) is 1.77. The van der Waals surface area contributed by atoms with Crippen molar-refractivity contribution in [1.29, 1.82) is 5.26 Å². The van der Waals surface area contributed by atoms with Gasteiger partial charge < -0.3 is 0 Å². The summed E-state index contributed by atoms with van der Waals surface area (Å²) in [4.78, 5) is 0. The van der Waals surface area contributed by atoms with Gasteiger partial charge in [-0.2, -0.15) is 5.26 Å². The molecule has 0 spiro atoms. The third-order valence-electron chi connectivity index (χ3n) is 2.59. The van der Waals surface area contributed by atoms with Crippen LogP contribution >= 0.6 is 23.2 Å². The van der Waals surface area contributed by atoms with Gasteiger partial charge in [0.2, 0.25) is 0 Å². The molecule has 0 aliphatic carbocycles. The Morgan fingerprint density at radius 1 is 1.11 bits per heavy atom. The van der Waals surface area contributed by atoms with E-state index in [2.05, 4.69) is 0 Å². The number of hydrogen-bond acceptors (Lipinski definition) is 1. The molecule has 2 rings (SSSR count). The van der Waals surface area contributed by atoms with Crippen LogP contribution in [0.4, 0.5) is 4.39 Å². The van der Waals surface area contributed by atoms with Crippen LogP contribution in [0.1, 0.15) is 5.56 Å². The molecule has 1 nitrogen and oxygen atoms in total. The minimum atomic E-state index is -0.412. The molecule has 2 aromatic carbocycles. The highest BCUT2D eigenvalue weighted by Gasteiger charge is 2.12. The fraction of sp³-hybridized carbons (Fsp3) is 0.0714. The first kappa shape index (κ1) is 12.9. The van der Waals surface area contributed by atoms with E-state index in [0.29, 0.717) is 26.7 Å². The van der Waals surface area contributed by atoms with Crippen molar-refractivity contribution < 1.29 is 4.39 Å². The zero-order chi connectivity index (χ0) is 13.1. The molecule has 4 heteroatoms. The monoisotopic (exact) mass is 279 g/mol. The molecule has 0 aliphatic heterocycles. The van der Waals surface area contributed by atoms with Gasteiger partial charge in [0.15, 0.2) is 0 Å². The Hall–Kier alpha value is -1.56. The molecular formula is C14H8Cl2FN. The van der Waals surface area contributed by atoms with E-state index in [1.807, 2.05) is 6.07 Å². The van der Waals surface area contributed by atoms with E-state index in [-0.39, 0.29) is 6.42 Å². The molecule has 0 aromatic heterocycles. The molecule has 90 valence electrons. The van der Waals surface area contributed by atoms with Crippen LogP contribution in [0.15, 0.2) is 36.4 Å². The quantitative estimate of drug-likeness (QED) is 0.770. The molecule has 2 aromatic rings. The standard InChI is InChI=1S/C14H8Cl2FN/c15-9-4-5-13(16)12(8-9)10-2-1-3-14(17)11(10)6-7-18/h1-5,8H,6H2. The third kappa shape index (κ3) is 2.48. The lowest BCUT2D eigenvalue weighted by molar-refractivity contribution is 0.616. The second-order valence-electron chi connectivity index (χ2n) is 3.73. The zero-order valence-electron chi connectivity index (χ0n) is 9.25. The molecular weight excluding hydrogens is 272 g/mol. The van der Waals surface area contributed by atoms with Crippen molar-refractivity contribution in [2.24, 2.45) is 0 Å². The van der Waals surface area contributed by atoms with E-state index in [0.717, 1.165) is 0 Å². The highest BCUT2D eigenvalue weighted by molar-refractivity contribution is 6.35. The first-order valence-electron chi connectivity index (χ1n) is 5.23. The molecule has 0 amide bonds. The van der Waals surface area contributed by atoms with Gasteiger partial charge in [-0.1, -0.05) is 35.3 Å². The lowest BCUT2D eigenvalue weighted by Gasteiger charge is -2.10. The van der Waals surface area contributed by atoms with Gasteiger partial charge in [-0.15, -0.1) is 0 Å². The van der Waals surface area contributed by atoms with Crippen molar-refractivity contribution in [2.75, 3.05) is 0 Å². The molecule has 0 unspecified atom stereocenters. The number of nitrogens with zero attached hydrogens (tertiary/aromatic N) is 1. The van der Waals surface area contributed by atoms with Gasteiger partial charge in [0, 0.05) is 21.2 Å². The highest BCUT2D eigenvalue weighted by Crippen LogP contribution is 2.33. The van der Waals surface area contributed by atoms with Crippen molar-refractivity contribution >= 4 is 23.2 Å². The van der Waals surface area contributed by atoms with E-state index < -0.39 is 5.82 Å². The summed E-state index contributed by atoms with van der Waals surface area (Å²) in [5, 5.41) is 9.76. The Morgan fingerprint density at radius 3 is 2.61 bits per heavy atom. The summed E-state index contributed by atoms with van der Waals surface area (Å²) in [6.07, 6.45) is -0.00908. The molecule has 0 heterocycles. The van der Waals surface area contributed by atoms with E-state index in [9.17, 15) is 4.39 Å². The normalized spacial score (nSPS) is 10.1. The number of nitriles is 1. The summed E-state index contributed by atoms with van der Waals surface area (Å²) >= 11 is 12.0. The van der Waals surface area contributed by atoms with E-state index in [1.165, 1.54) is 6.07 Å². The SMILES string of the molecule is N#CCc1c(F)cccc1-c1cc(Cl)ccc1Cl. The maximum absolute atomic E-state index is 13.7. The Kier molecular flexibility index (Phi) is 3.86. The Bertz CT molecular complexity index is 632. The summed E-state index contributed by atoms with van der Waals surface area (Å²) < 4.78 is 13.7. The number of halogens is 3. The summed E-state index contributed by atoms with van der Waals surface area (Å²) in [5.41, 5.74) is 1.57. The van der Waals surface area contributed by atoms with Gasteiger partial charge in [-0.05, 0) is 29.8 Å². The van der Waals surface area contributed by atoms with Crippen molar-refractivity contribution in [3.63, 3.8) is 0 Å². The number of benzene rings is 2. The average Bonchev–Trinajstić information content (AvgIpc) is 2.35. The van der Waals surface area contributed by atoms with E-state index in [1.54, 1.807) is 30.3 Å². The maximum Gasteiger partial charge on any atom is 0.128 e. The van der Waals surface area contributed by atoms with Crippen LogP contribution < -0.4 is 0 Å². The topological polar surface area (TPSA) is 23.8 Å². The van der Waals surface area contributed by atoms with Crippen molar-refractivity contribution in [2.45, 2.75) is 6.42 Å². The van der Waals surface area contributed by atoms with E-state index >= 15 is 0 Å². The maximum atomic E-state index is 13.7. The van der Waals surface area contributed by atoms with Crippen LogP contribution in [0, 0.1) is 17.1 Å². The van der Waals surface area contributed by atoms with Gasteiger partial charge in [0.1, 0.15) is 5.82 Å². The summed E-state index contributed by atoms with van der Waals surface area (Å²) in [7, 11) is 0. The van der Waals surface area contributed by atoms with Gasteiger partial charge >= 0.3 is 0 Å². The van der Waals surface area contributed by atoms with Gasteiger partial charge in [-0.25, -0.2) is 4.39 Å². The molecule has 0 saturated carbocycles. The zero-order valence-corrected chi connectivity index (χ0v) is 10.8. The Labute approximate surface area is 114 Å². The predicted molar refractivity (Wildman–Crippen MR) is 71.2 cm³/mol. The summed E-state index contributed by atoms with van der Waals surface area (Å²) in [5.74, 6) is -0.412. The molecule has 0 N–H and O–H groups in total. The molecule has 0 atom stereocenters. The Balaban J connectivity index is 2.67. The lowest BCUT2D eigenvalue weighted by Crippen LogP contribution is -1.94. The summed E-state index contributed by atoms with van der Waals surface area (Å²) in [6, 6.07) is 11.6. The van der Waals surface area contributed by atoms with Gasteiger partial charge in [0.05, 0.1) is 12.5 Å². The van der Waals surface area contributed by atoms with Crippen LogP contribution in [0.5, 0.6) is 0 Å².